The van der Waals surface area contributed by atoms with Crippen molar-refractivity contribution >= 4 is 5.91 Å². The number of amides is 1. The Morgan fingerprint density at radius 1 is 1.21 bits per heavy atom. The molecule has 0 bridgehead atoms. The lowest BCUT2D eigenvalue weighted by atomic mass is 9.96. The number of carbonyl (C=O) groups excluding carboxylic acids is 1. The Balaban J connectivity index is 1.58. The van der Waals surface area contributed by atoms with E-state index in [0.29, 0.717) is 13.1 Å². The minimum Gasteiger partial charge on any atom is -0.338 e. The second-order valence-electron chi connectivity index (χ2n) is 7.27. The maximum atomic E-state index is 13.4. The molecule has 28 heavy (non-hydrogen) atoms. The van der Waals surface area contributed by atoms with Crippen molar-refractivity contribution in [2.45, 2.75) is 52.2 Å². The summed E-state index contributed by atoms with van der Waals surface area (Å²) in [5.74, 6) is 0.892. The van der Waals surface area contributed by atoms with Gasteiger partial charge in [0.25, 0.3) is 0 Å². The quantitative estimate of drug-likeness (QED) is 0.658. The van der Waals surface area contributed by atoms with Crippen molar-refractivity contribution in [1.29, 1.82) is 0 Å². The number of benzene rings is 1. The van der Waals surface area contributed by atoms with Crippen molar-refractivity contribution in [3.05, 3.63) is 60.3 Å². The molecule has 3 heterocycles. The highest BCUT2D eigenvalue weighted by Gasteiger charge is 2.32. The fourth-order valence-corrected chi connectivity index (χ4v) is 4.01. The van der Waals surface area contributed by atoms with Gasteiger partial charge in [-0.2, -0.15) is 5.10 Å². The lowest BCUT2D eigenvalue weighted by Gasteiger charge is -2.29. The molecule has 1 amide bonds. The molecule has 0 aliphatic carbocycles. The normalized spacial score (nSPS) is 16.0. The minimum atomic E-state index is -0.174. The molecule has 6 nitrogen and oxygen atoms in total. The molecule has 1 aromatic carbocycles. The lowest BCUT2D eigenvalue weighted by Crippen LogP contribution is -2.37. The van der Waals surface area contributed by atoms with Gasteiger partial charge in [-0.25, -0.2) is 4.98 Å². The van der Waals surface area contributed by atoms with Crippen LogP contribution < -0.4 is 0 Å². The van der Waals surface area contributed by atoms with Crippen LogP contribution in [0.1, 0.15) is 44.0 Å². The summed E-state index contributed by atoms with van der Waals surface area (Å²) < 4.78 is 4.12. The third-order valence-electron chi connectivity index (χ3n) is 5.52. The molecule has 0 saturated heterocycles. The zero-order valence-electron chi connectivity index (χ0n) is 16.6. The van der Waals surface area contributed by atoms with Gasteiger partial charge in [-0.1, -0.05) is 30.3 Å². The summed E-state index contributed by atoms with van der Waals surface area (Å²) in [7, 11) is 0. The molecule has 0 spiro atoms. The molecule has 1 aliphatic heterocycles. The fourth-order valence-electron chi connectivity index (χ4n) is 4.01. The predicted octanol–water partition coefficient (Wildman–Crippen LogP) is 3.69. The van der Waals surface area contributed by atoms with Gasteiger partial charge in [-0.15, -0.1) is 0 Å². The van der Waals surface area contributed by atoms with Gasteiger partial charge in [0.15, 0.2) is 0 Å². The summed E-state index contributed by atoms with van der Waals surface area (Å²) in [6, 6.07) is 10.3. The Morgan fingerprint density at radius 2 is 2.04 bits per heavy atom. The average Bonchev–Trinajstić information content (AvgIpc) is 3.38. The molecule has 146 valence electrons. The molecule has 0 fully saturated rings. The van der Waals surface area contributed by atoms with Crippen LogP contribution in [0.2, 0.25) is 0 Å². The summed E-state index contributed by atoms with van der Waals surface area (Å²) in [6.45, 7) is 7.12. The van der Waals surface area contributed by atoms with Gasteiger partial charge < -0.3 is 9.47 Å². The highest BCUT2D eigenvalue weighted by atomic mass is 16.2. The highest BCUT2D eigenvalue weighted by Crippen LogP contribution is 2.33. The lowest BCUT2D eigenvalue weighted by molar-refractivity contribution is -0.134. The molecule has 1 unspecified atom stereocenters. The molecule has 1 atom stereocenters. The first-order valence-electron chi connectivity index (χ1n) is 10.1. The van der Waals surface area contributed by atoms with Crippen LogP contribution in [0.4, 0.5) is 0 Å². The highest BCUT2D eigenvalue weighted by molar-refractivity contribution is 5.83. The topological polar surface area (TPSA) is 56.0 Å². The number of imidazole rings is 1. The second kappa shape index (κ2) is 8.00. The van der Waals surface area contributed by atoms with Crippen molar-refractivity contribution in [2.24, 2.45) is 0 Å². The van der Waals surface area contributed by atoms with Gasteiger partial charge in [0, 0.05) is 37.9 Å². The maximum Gasteiger partial charge on any atom is 0.233 e. The van der Waals surface area contributed by atoms with Crippen LogP contribution in [-0.2, 0) is 24.4 Å². The van der Waals surface area contributed by atoms with Crippen LogP contribution in [0.15, 0.2) is 48.9 Å². The zero-order chi connectivity index (χ0) is 19.5. The van der Waals surface area contributed by atoms with Crippen LogP contribution in [0.5, 0.6) is 0 Å². The van der Waals surface area contributed by atoms with E-state index in [-0.39, 0.29) is 11.8 Å². The zero-order valence-corrected chi connectivity index (χ0v) is 16.6. The second-order valence-corrected chi connectivity index (χ2v) is 7.27. The molecule has 3 aromatic rings. The number of aromatic nitrogens is 4. The van der Waals surface area contributed by atoms with Crippen LogP contribution in [-0.4, -0.2) is 36.7 Å². The van der Waals surface area contributed by atoms with Crippen molar-refractivity contribution in [2.75, 3.05) is 6.54 Å². The van der Waals surface area contributed by atoms with E-state index >= 15 is 0 Å². The molecule has 0 saturated carbocycles. The van der Waals surface area contributed by atoms with Crippen LogP contribution in [0, 0.1) is 0 Å². The number of rotatable bonds is 6. The number of aryl methyl sites for hydroxylation is 1. The smallest absolute Gasteiger partial charge is 0.233 e. The van der Waals surface area contributed by atoms with E-state index in [1.807, 2.05) is 53.3 Å². The van der Waals surface area contributed by atoms with Crippen LogP contribution >= 0.6 is 0 Å². The molecule has 1 aliphatic rings. The number of likely N-dealkylation sites (N-methyl/N-ethyl adjacent to an activating group) is 1. The van der Waals surface area contributed by atoms with Gasteiger partial charge in [-0.3, -0.25) is 9.48 Å². The number of nitrogens with zero attached hydrogens (tertiary/aromatic N) is 5. The van der Waals surface area contributed by atoms with Crippen LogP contribution in [0.3, 0.4) is 0 Å². The van der Waals surface area contributed by atoms with Crippen molar-refractivity contribution in [1.82, 2.24) is 24.2 Å². The molecule has 6 heteroatoms. The molecule has 0 N–H and O–H groups in total. The molecular weight excluding hydrogens is 350 g/mol. The van der Waals surface area contributed by atoms with Gasteiger partial charge in [0.05, 0.1) is 24.0 Å². The molecular formula is C22H27N5O. The first-order chi connectivity index (χ1) is 13.7. The standard InChI is InChI=1S/C22H27N5O/c1-3-25(15-17-13-24-26(4-2)16-17)22(28)19-11-8-12-27-20(14-23-21(19)27)18-9-6-5-7-10-18/h5-7,9-10,13-14,16,19H,3-4,8,11-12,15H2,1-2H3. The third kappa shape index (κ3) is 3.46. The van der Waals surface area contributed by atoms with Crippen molar-refractivity contribution < 1.29 is 4.79 Å². The SMILES string of the molecule is CCN(Cc1cnn(CC)c1)C(=O)C1CCCn2c(-c3ccccc3)cnc21. The van der Waals surface area contributed by atoms with Gasteiger partial charge in [0.1, 0.15) is 5.82 Å². The number of fused-ring (bicyclic) bond motifs is 1. The Morgan fingerprint density at radius 3 is 2.75 bits per heavy atom. The monoisotopic (exact) mass is 377 g/mol. The van der Waals surface area contributed by atoms with E-state index < -0.39 is 0 Å². The van der Waals surface area contributed by atoms with E-state index in [1.165, 1.54) is 0 Å². The predicted molar refractivity (Wildman–Crippen MR) is 109 cm³/mol. The average molecular weight is 377 g/mol. The van der Waals surface area contributed by atoms with Gasteiger partial charge in [-0.05, 0) is 32.3 Å². The molecule has 4 rings (SSSR count). The van der Waals surface area contributed by atoms with Crippen molar-refractivity contribution in [3.8, 4) is 11.3 Å². The Kier molecular flexibility index (Phi) is 5.28. The number of carbonyl (C=O) groups is 1. The molecule has 2 aromatic heterocycles. The minimum absolute atomic E-state index is 0.165. The third-order valence-corrected chi connectivity index (χ3v) is 5.52. The van der Waals surface area contributed by atoms with E-state index in [0.717, 1.165) is 48.6 Å². The number of hydrogen-bond donors (Lipinski definition) is 0. The summed E-state index contributed by atoms with van der Waals surface area (Å²) in [4.78, 5) is 20.0. The Bertz CT molecular complexity index is 943. The van der Waals surface area contributed by atoms with E-state index in [4.69, 9.17) is 0 Å². The molecule has 0 radical (unpaired) electrons. The maximum absolute atomic E-state index is 13.4. The fraction of sp³-hybridized carbons (Fsp3) is 0.409. The van der Waals surface area contributed by atoms with E-state index in [2.05, 4.69) is 33.7 Å². The largest absolute Gasteiger partial charge is 0.338 e. The first kappa shape index (κ1) is 18.5. The Labute approximate surface area is 165 Å². The summed E-state index contributed by atoms with van der Waals surface area (Å²) in [6.07, 6.45) is 7.64. The van der Waals surface area contributed by atoms with Crippen molar-refractivity contribution in [3.63, 3.8) is 0 Å². The number of hydrogen-bond acceptors (Lipinski definition) is 3. The summed E-state index contributed by atoms with van der Waals surface area (Å²) in [5.41, 5.74) is 3.32. The van der Waals surface area contributed by atoms with E-state index in [1.54, 1.807) is 0 Å². The van der Waals surface area contributed by atoms with E-state index in [9.17, 15) is 4.79 Å². The van der Waals surface area contributed by atoms with Gasteiger partial charge >= 0.3 is 0 Å². The summed E-state index contributed by atoms with van der Waals surface area (Å²) >= 11 is 0. The summed E-state index contributed by atoms with van der Waals surface area (Å²) in [5, 5.41) is 4.33. The van der Waals surface area contributed by atoms with Crippen LogP contribution in [0.25, 0.3) is 11.3 Å². The van der Waals surface area contributed by atoms with Gasteiger partial charge in [0.2, 0.25) is 5.91 Å². The Hall–Kier alpha value is -2.89. The first-order valence-corrected chi connectivity index (χ1v) is 10.1.